The van der Waals surface area contributed by atoms with Gasteiger partial charge in [-0.3, -0.25) is 9.59 Å². The molecular formula is C15H27N3O2. The maximum absolute atomic E-state index is 12.6. The number of piperidine rings is 1. The van der Waals surface area contributed by atoms with E-state index < -0.39 is 0 Å². The Bertz CT molecular complexity index is 351. The van der Waals surface area contributed by atoms with Crippen molar-refractivity contribution >= 4 is 11.8 Å². The lowest BCUT2D eigenvalue weighted by Gasteiger charge is -2.35. The van der Waals surface area contributed by atoms with Crippen molar-refractivity contribution in [3.8, 4) is 0 Å². The van der Waals surface area contributed by atoms with Crippen LogP contribution in [0.5, 0.6) is 0 Å². The van der Waals surface area contributed by atoms with Crippen LogP contribution in [0.1, 0.15) is 51.9 Å². The highest BCUT2D eigenvalue weighted by Crippen LogP contribution is 2.25. The predicted molar refractivity (Wildman–Crippen MR) is 78.0 cm³/mol. The molecule has 1 aliphatic carbocycles. The van der Waals surface area contributed by atoms with E-state index in [1.54, 1.807) is 6.92 Å². The number of rotatable bonds is 2. The smallest absolute Gasteiger partial charge is 0.227 e. The molecule has 0 bridgehead atoms. The number of nitrogens with one attached hydrogen (secondary N) is 1. The molecule has 2 aliphatic rings. The Kier molecular flexibility index (Phi) is 5.40. The average molecular weight is 281 g/mol. The summed E-state index contributed by atoms with van der Waals surface area (Å²) in [6.07, 6.45) is 7.08. The fourth-order valence-electron chi connectivity index (χ4n) is 3.41. The van der Waals surface area contributed by atoms with Crippen LogP contribution in [0.3, 0.4) is 0 Å². The molecule has 0 aromatic carbocycles. The summed E-state index contributed by atoms with van der Waals surface area (Å²) in [7, 11) is 0. The highest BCUT2D eigenvalue weighted by atomic mass is 16.2. The van der Waals surface area contributed by atoms with Gasteiger partial charge >= 0.3 is 0 Å². The van der Waals surface area contributed by atoms with Crippen molar-refractivity contribution in [1.82, 2.24) is 10.2 Å². The second-order valence-electron chi connectivity index (χ2n) is 6.21. The Hall–Kier alpha value is -1.10. The van der Waals surface area contributed by atoms with Gasteiger partial charge in [-0.25, -0.2) is 0 Å². The molecule has 5 nitrogen and oxygen atoms in total. The molecule has 0 aromatic heterocycles. The summed E-state index contributed by atoms with van der Waals surface area (Å²) in [5.41, 5.74) is 6.18. The minimum absolute atomic E-state index is 0.00909. The number of hydrogen-bond acceptors (Lipinski definition) is 3. The lowest BCUT2D eigenvalue weighted by molar-refractivity contribution is -0.137. The van der Waals surface area contributed by atoms with Gasteiger partial charge in [-0.05, 0) is 25.7 Å². The first-order chi connectivity index (χ1) is 9.58. The summed E-state index contributed by atoms with van der Waals surface area (Å²) in [5.74, 6) is 0.260. The molecule has 2 rings (SSSR count). The van der Waals surface area contributed by atoms with E-state index in [2.05, 4.69) is 5.32 Å². The lowest BCUT2D eigenvalue weighted by Crippen LogP contribution is -2.50. The second kappa shape index (κ2) is 7.07. The molecule has 114 valence electrons. The number of likely N-dealkylation sites (tertiary alicyclic amines) is 1. The van der Waals surface area contributed by atoms with Crippen LogP contribution in [-0.2, 0) is 9.59 Å². The maximum atomic E-state index is 12.6. The minimum Gasteiger partial charge on any atom is -0.353 e. The van der Waals surface area contributed by atoms with Gasteiger partial charge in [0, 0.05) is 32.1 Å². The minimum atomic E-state index is 0.00909. The van der Waals surface area contributed by atoms with Crippen molar-refractivity contribution in [3.63, 3.8) is 0 Å². The van der Waals surface area contributed by atoms with Crippen LogP contribution in [0.25, 0.3) is 0 Å². The molecule has 1 heterocycles. The van der Waals surface area contributed by atoms with Crippen LogP contribution in [0.15, 0.2) is 0 Å². The largest absolute Gasteiger partial charge is 0.353 e. The van der Waals surface area contributed by atoms with E-state index in [1.165, 1.54) is 6.42 Å². The fraction of sp³-hybridized carbons (Fsp3) is 0.867. The number of amides is 2. The summed E-state index contributed by atoms with van der Waals surface area (Å²) < 4.78 is 0. The molecule has 2 atom stereocenters. The highest BCUT2D eigenvalue weighted by molar-refractivity contribution is 5.79. The molecule has 1 aliphatic heterocycles. The predicted octanol–water partition coefficient (Wildman–Crippen LogP) is 1.02. The van der Waals surface area contributed by atoms with Gasteiger partial charge in [-0.15, -0.1) is 0 Å². The summed E-state index contributed by atoms with van der Waals surface area (Å²) in [4.78, 5) is 25.6. The van der Waals surface area contributed by atoms with Crippen LogP contribution in [0.2, 0.25) is 0 Å². The first-order valence-corrected chi connectivity index (χ1v) is 7.89. The van der Waals surface area contributed by atoms with Gasteiger partial charge in [0.2, 0.25) is 11.8 Å². The van der Waals surface area contributed by atoms with Crippen molar-refractivity contribution in [1.29, 1.82) is 0 Å². The monoisotopic (exact) mass is 281 g/mol. The Balaban J connectivity index is 1.85. The van der Waals surface area contributed by atoms with Gasteiger partial charge in [-0.1, -0.05) is 19.3 Å². The van der Waals surface area contributed by atoms with Gasteiger partial charge in [0.1, 0.15) is 0 Å². The van der Waals surface area contributed by atoms with Crippen LogP contribution >= 0.6 is 0 Å². The van der Waals surface area contributed by atoms with Gasteiger partial charge < -0.3 is 16.0 Å². The molecule has 2 amide bonds. The van der Waals surface area contributed by atoms with Crippen LogP contribution < -0.4 is 11.1 Å². The van der Waals surface area contributed by atoms with Crippen LogP contribution in [-0.4, -0.2) is 41.9 Å². The van der Waals surface area contributed by atoms with Gasteiger partial charge in [0.05, 0.1) is 5.92 Å². The Morgan fingerprint density at radius 3 is 2.35 bits per heavy atom. The number of nitrogens with zero attached hydrogens (tertiary/aromatic N) is 1. The molecule has 2 unspecified atom stereocenters. The van der Waals surface area contributed by atoms with E-state index in [-0.39, 0.29) is 29.8 Å². The van der Waals surface area contributed by atoms with Gasteiger partial charge in [0.25, 0.3) is 0 Å². The molecular weight excluding hydrogens is 254 g/mol. The van der Waals surface area contributed by atoms with Crippen LogP contribution in [0.4, 0.5) is 0 Å². The quantitative estimate of drug-likeness (QED) is 0.742. The first-order valence-electron chi connectivity index (χ1n) is 7.89. The molecule has 5 heteroatoms. The van der Waals surface area contributed by atoms with Crippen molar-refractivity contribution in [2.24, 2.45) is 11.7 Å². The van der Waals surface area contributed by atoms with Crippen molar-refractivity contribution < 1.29 is 9.59 Å². The number of carbonyl (C=O) groups excluding carboxylic acids is 2. The van der Waals surface area contributed by atoms with E-state index >= 15 is 0 Å². The molecule has 0 aromatic rings. The molecule has 1 saturated carbocycles. The molecule has 2 fully saturated rings. The van der Waals surface area contributed by atoms with E-state index in [1.807, 2.05) is 4.90 Å². The zero-order valence-electron chi connectivity index (χ0n) is 12.4. The third-order valence-electron chi connectivity index (χ3n) is 4.60. The fourth-order valence-corrected chi connectivity index (χ4v) is 3.41. The lowest BCUT2D eigenvalue weighted by atomic mass is 9.92. The average Bonchev–Trinajstić information content (AvgIpc) is 2.63. The summed E-state index contributed by atoms with van der Waals surface area (Å²) in [5, 5.41) is 2.94. The van der Waals surface area contributed by atoms with Crippen molar-refractivity contribution in [2.75, 3.05) is 13.1 Å². The number of carbonyl (C=O) groups is 2. The van der Waals surface area contributed by atoms with E-state index in [9.17, 15) is 9.59 Å². The maximum Gasteiger partial charge on any atom is 0.227 e. The molecule has 0 spiro atoms. The SMILES string of the molecule is CC(=O)NC1CCN(C(=O)C2CCCCCC2N)CC1. The van der Waals surface area contributed by atoms with E-state index in [4.69, 9.17) is 5.73 Å². The van der Waals surface area contributed by atoms with E-state index in [0.29, 0.717) is 0 Å². The topological polar surface area (TPSA) is 75.4 Å². The Morgan fingerprint density at radius 1 is 1.05 bits per heavy atom. The first kappa shape index (κ1) is 15.3. The third-order valence-corrected chi connectivity index (χ3v) is 4.60. The number of nitrogens with two attached hydrogens (primary N) is 1. The summed E-state index contributed by atoms with van der Waals surface area (Å²) in [6, 6.07) is 0.248. The normalized spacial score (nSPS) is 28.8. The van der Waals surface area contributed by atoms with Gasteiger partial charge in [-0.2, -0.15) is 0 Å². The molecule has 1 saturated heterocycles. The van der Waals surface area contributed by atoms with Crippen molar-refractivity contribution in [3.05, 3.63) is 0 Å². The summed E-state index contributed by atoms with van der Waals surface area (Å²) >= 11 is 0. The molecule has 3 N–H and O–H groups in total. The summed E-state index contributed by atoms with van der Waals surface area (Å²) in [6.45, 7) is 3.03. The van der Waals surface area contributed by atoms with Gasteiger partial charge in [0.15, 0.2) is 0 Å². The highest BCUT2D eigenvalue weighted by Gasteiger charge is 2.32. The Morgan fingerprint density at radius 2 is 1.70 bits per heavy atom. The second-order valence-corrected chi connectivity index (χ2v) is 6.21. The molecule has 20 heavy (non-hydrogen) atoms. The zero-order valence-corrected chi connectivity index (χ0v) is 12.4. The van der Waals surface area contributed by atoms with E-state index in [0.717, 1.165) is 51.6 Å². The van der Waals surface area contributed by atoms with Crippen LogP contribution in [0, 0.1) is 5.92 Å². The standard InChI is InChI=1S/C15H27N3O2/c1-11(19)17-12-7-9-18(10-8-12)15(20)13-5-3-2-4-6-14(13)16/h12-14H,2-10,16H2,1H3,(H,17,19). The Labute approximate surface area is 121 Å². The number of hydrogen-bond donors (Lipinski definition) is 2. The third kappa shape index (κ3) is 3.95. The zero-order chi connectivity index (χ0) is 14.5. The molecule has 0 radical (unpaired) electrons. The van der Waals surface area contributed by atoms with Crippen molar-refractivity contribution in [2.45, 2.75) is 64.0 Å².